The van der Waals surface area contributed by atoms with E-state index in [1.54, 1.807) is 16.2 Å². The Morgan fingerprint density at radius 1 is 1.43 bits per heavy atom. The van der Waals surface area contributed by atoms with Crippen molar-refractivity contribution in [2.24, 2.45) is 5.92 Å². The minimum atomic E-state index is 0.0160. The van der Waals surface area contributed by atoms with E-state index in [-0.39, 0.29) is 11.8 Å². The topological polar surface area (TPSA) is 42.4 Å². The van der Waals surface area contributed by atoms with Crippen LogP contribution in [0, 0.1) is 5.92 Å². The van der Waals surface area contributed by atoms with E-state index in [1.165, 1.54) is 0 Å². The SMILES string of the molecule is CN(Cc1csc(-c2ccccc2)n1)C(=O)[C@H]1CCOC1. The number of hydrogen-bond donors (Lipinski definition) is 0. The fourth-order valence-corrected chi connectivity index (χ4v) is 3.27. The van der Waals surface area contributed by atoms with Gasteiger partial charge in [0.1, 0.15) is 5.01 Å². The molecule has 1 aliphatic heterocycles. The van der Waals surface area contributed by atoms with Crippen LogP contribution in [-0.2, 0) is 16.1 Å². The second-order valence-corrected chi connectivity index (χ2v) is 6.12. The van der Waals surface area contributed by atoms with Crippen molar-refractivity contribution < 1.29 is 9.53 Å². The molecule has 0 bridgehead atoms. The number of ether oxygens (including phenoxy) is 1. The summed E-state index contributed by atoms with van der Waals surface area (Å²) in [4.78, 5) is 18.6. The summed E-state index contributed by atoms with van der Waals surface area (Å²) in [6.07, 6.45) is 0.829. The Labute approximate surface area is 128 Å². The standard InChI is InChI=1S/C16H18N2O2S/c1-18(16(19)13-7-8-20-10-13)9-14-11-21-15(17-14)12-5-3-2-4-6-12/h2-6,11,13H,7-10H2,1H3/t13-/m0/s1. The third-order valence-electron chi connectivity index (χ3n) is 3.63. The lowest BCUT2D eigenvalue weighted by molar-refractivity contribution is -0.134. The molecule has 2 aromatic rings. The highest BCUT2D eigenvalue weighted by Gasteiger charge is 2.26. The predicted octanol–water partition coefficient (Wildman–Crippen LogP) is 2.81. The fraction of sp³-hybridized carbons (Fsp3) is 0.375. The first-order chi connectivity index (χ1) is 10.2. The molecule has 2 heterocycles. The predicted molar refractivity (Wildman–Crippen MR) is 83.0 cm³/mol. The third kappa shape index (κ3) is 3.31. The Morgan fingerprint density at radius 2 is 2.24 bits per heavy atom. The Bertz CT molecular complexity index is 606. The van der Waals surface area contributed by atoms with Gasteiger partial charge in [0.2, 0.25) is 5.91 Å². The average Bonchev–Trinajstić information content (AvgIpc) is 3.19. The average molecular weight is 302 g/mol. The van der Waals surface area contributed by atoms with Crippen LogP contribution in [0.25, 0.3) is 10.6 Å². The monoisotopic (exact) mass is 302 g/mol. The molecule has 110 valence electrons. The summed E-state index contributed by atoms with van der Waals surface area (Å²) < 4.78 is 5.28. The highest BCUT2D eigenvalue weighted by molar-refractivity contribution is 7.13. The summed E-state index contributed by atoms with van der Waals surface area (Å²) in [6, 6.07) is 10.1. The van der Waals surface area contributed by atoms with Crippen molar-refractivity contribution in [2.75, 3.05) is 20.3 Å². The van der Waals surface area contributed by atoms with Crippen LogP contribution in [0.1, 0.15) is 12.1 Å². The van der Waals surface area contributed by atoms with Crippen molar-refractivity contribution in [3.05, 3.63) is 41.4 Å². The number of benzene rings is 1. The zero-order valence-electron chi connectivity index (χ0n) is 12.0. The first-order valence-corrected chi connectivity index (χ1v) is 7.94. The molecular weight excluding hydrogens is 284 g/mol. The van der Waals surface area contributed by atoms with E-state index < -0.39 is 0 Å². The number of hydrogen-bond acceptors (Lipinski definition) is 4. The fourth-order valence-electron chi connectivity index (χ4n) is 2.45. The molecule has 1 aromatic carbocycles. The van der Waals surface area contributed by atoms with Gasteiger partial charge in [-0.15, -0.1) is 11.3 Å². The summed E-state index contributed by atoms with van der Waals surface area (Å²) in [5.74, 6) is 0.170. The largest absolute Gasteiger partial charge is 0.381 e. The summed E-state index contributed by atoms with van der Waals surface area (Å²) >= 11 is 1.61. The maximum absolute atomic E-state index is 12.2. The van der Waals surface area contributed by atoms with Crippen LogP contribution in [0.4, 0.5) is 0 Å². The third-order valence-corrected chi connectivity index (χ3v) is 4.57. The van der Waals surface area contributed by atoms with Crippen molar-refractivity contribution in [1.82, 2.24) is 9.88 Å². The smallest absolute Gasteiger partial charge is 0.228 e. The molecule has 0 aliphatic carbocycles. The number of nitrogens with zero attached hydrogens (tertiary/aromatic N) is 2. The zero-order chi connectivity index (χ0) is 14.7. The van der Waals surface area contributed by atoms with Crippen LogP contribution in [0.2, 0.25) is 0 Å². The van der Waals surface area contributed by atoms with Crippen LogP contribution in [0.15, 0.2) is 35.7 Å². The molecule has 0 spiro atoms. The van der Waals surface area contributed by atoms with Gasteiger partial charge in [0, 0.05) is 24.6 Å². The Kier molecular flexibility index (Phi) is 4.31. The van der Waals surface area contributed by atoms with Gasteiger partial charge in [0.25, 0.3) is 0 Å². The van der Waals surface area contributed by atoms with Crippen LogP contribution in [0.3, 0.4) is 0 Å². The molecule has 1 fully saturated rings. The van der Waals surface area contributed by atoms with Gasteiger partial charge in [-0.1, -0.05) is 30.3 Å². The highest BCUT2D eigenvalue weighted by Crippen LogP contribution is 2.24. The van der Waals surface area contributed by atoms with Gasteiger partial charge in [-0.05, 0) is 6.42 Å². The van der Waals surface area contributed by atoms with Gasteiger partial charge < -0.3 is 9.64 Å². The Hall–Kier alpha value is -1.72. The molecule has 1 aromatic heterocycles. The van der Waals surface area contributed by atoms with Crippen LogP contribution in [-0.4, -0.2) is 36.1 Å². The van der Waals surface area contributed by atoms with E-state index in [0.29, 0.717) is 19.8 Å². The quantitative estimate of drug-likeness (QED) is 0.872. The van der Waals surface area contributed by atoms with Crippen molar-refractivity contribution >= 4 is 17.2 Å². The first-order valence-electron chi connectivity index (χ1n) is 7.06. The number of carbonyl (C=O) groups is 1. The van der Waals surface area contributed by atoms with Gasteiger partial charge in [0.05, 0.1) is 24.8 Å². The lowest BCUT2D eigenvalue weighted by Crippen LogP contribution is -2.32. The van der Waals surface area contributed by atoms with E-state index in [9.17, 15) is 4.79 Å². The molecule has 0 radical (unpaired) electrons. The second kappa shape index (κ2) is 6.37. The summed E-state index contributed by atoms with van der Waals surface area (Å²) in [7, 11) is 1.84. The zero-order valence-corrected chi connectivity index (χ0v) is 12.8. The van der Waals surface area contributed by atoms with E-state index in [2.05, 4.69) is 4.98 Å². The normalized spacial score (nSPS) is 17.9. The van der Waals surface area contributed by atoms with E-state index in [1.807, 2.05) is 42.8 Å². The van der Waals surface area contributed by atoms with Crippen molar-refractivity contribution in [3.63, 3.8) is 0 Å². The molecule has 4 nitrogen and oxygen atoms in total. The number of carbonyl (C=O) groups excluding carboxylic acids is 1. The maximum Gasteiger partial charge on any atom is 0.228 e. The molecule has 0 unspecified atom stereocenters. The first kappa shape index (κ1) is 14.2. The molecule has 3 rings (SSSR count). The number of aromatic nitrogens is 1. The lowest BCUT2D eigenvalue weighted by atomic mass is 10.1. The molecule has 1 amide bonds. The van der Waals surface area contributed by atoms with Crippen molar-refractivity contribution in [1.29, 1.82) is 0 Å². The maximum atomic E-state index is 12.2. The molecular formula is C16H18N2O2S. The van der Waals surface area contributed by atoms with E-state index >= 15 is 0 Å². The second-order valence-electron chi connectivity index (χ2n) is 5.26. The van der Waals surface area contributed by atoms with Crippen LogP contribution < -0.4 is 0 Å². The van der Waals surface area contributed by atoms with E-state index in [4.69, 9.17) is 4.74 Å². The summed E-state index contributed by atoms with van der Waals surface area (Å²) in [6.45, 7) is 1.80. The molecule has 21 heavy (non-hydrogen) atoms. The van der Waals surface area contributed by atoms with Crippen molar-refractivity contribution in [3.8, 4) is 10.6 Å². The van der Waals surface area contributed by atoms with Gasteiger partial charge in [-0.2, -0.15) is 0 Å². The number of thiazole rings is 1. The van der Waals surface area contributed by atoms with Gasteiger partial charge in [-0.3, -0.25) is 4.79 Å². The Morgan fingerprint density at radius 3 is 2.95 bits per heavy atom. The van der Waals surface area contributed by atoms with Crippen molar-refractivity contribution in [2.45, 2.75) is 13.0 Å². The van der Waals surface area contributed by atoms with Crippen LogP contribution in [0.5, 0.6) is 0 Å². The minimum absolute atomic E-state index is 0.0160. The van der Waals surface area contributed by atoms with Crippen LogP contribution >= 0.6 is 11.3 Å². The highest BCUT2D eigenvalue weighted by atomic mass is 32.1. The minimum Gasteiger partial charge on any atom is -0.381 e. The summed E-state index contributed by atoms with van der Waals surface area (Å²) in [5.41, 5.74) is 2.06. The molecule has 0 saturated carbocycles. The molecule has 1 atom stereocenters. The van der Waals surface area contributed by atoms with Gasteiger partial charge in [0.15, 0.2) is 0 Å². The molecule has 1 saturated heterocycles. The molecule has 0 N–H and O–H groups in total. The van der Waals surface area contributed by atoms with Gasteiger partial charge in [-0.25, -0.2) is 4.98 Å². The van der Waals surface area contributed by atoms with E-state index in [0.717, 1.165) is 22.7 Å². The molecule has 1 aliphatic rings. The lowest BCUT2D eigenvalue weighted by Gasteiger charge is -2.19. The number of rotatable bonds is 4. The molecule has 5 heteroatoms. The van der Waals surface area contributed by atoms with Gasteiger partial charge >= 0.3 is 0 Å². The number of amides is 1. The Balaban J connectivity index is 1.65. The summed E-state index contributed by atoms with van der Waals surface area (Å²) in [5, 5.41) is 3.02.